The van der Waals surface area contributed by atoms with Crippen molar-refractivity contribution in [2.24, 2.45) is 5.92 Å². The highest BCUT2D eigenvalue weighted by atomic mass is 16.5. The zero-order chi connectivity index (χ0) is 11.1. The van der Waals surface area contributed by atoms with Crippen molar-refractivity contribution in [3.05, 3.63) is 0 Å². The number of carbonyl (C=O) groups excluding carboxylic acids is 1. The van der Waals surface area contributed by atoms with E-state index in [1.54, 1.807) is 0 Å². The van der Waals surface area contributed by atoms with Crippen LogP contribution < -0.4 is 0 Å². The minimum atomic E-state index is -0.555. The number of hydrogen-bond acceptors (Lipinski definition) is 3. The zero-order valence-corrected chi connectivity index (χ0v) is 9.16. The summed E-state index contributed by atoms with van der Waals surface area (Å²) in [6.07, 6.45) is 5.21. The van der Waals surface area contributed by atoms with Crippen molar-refractivity contribution in [2.75, 3.05) is 6.61 Å². The highest BCUT2D eigenvalue weighted by Crippen LogP contribution is 2.25. The van der Waals surface area contributed by atoms with Gasteiger partial charge < -0.3 is 9.84 Å². The third-order valence-corrected chi connectivity index (χ3v) is 2.69. The summed E-state index contributed by atoms with van der Waals surface area (Å²) in [5, 5.41) is 9.73. The number of aliphatic hydroxyl groups excluding tert-OH is 1. The van der Waals surface area contributed by atoms with Crippen LogP contribution in [0.1, 0.15) is 39.0 Å². The molecule has 0 unspecified atom stereocenters. The van der Waals surface area contributed by atoms with Gasteiger partial charge in [-0.25, -0.2) is 0 Å². The van der Waals surface area contributed by atoms with Gasteiger partial charge >= 0.3 is 5.97 Å². The van der Waals surface area contributed by atoms with Crippen LogP contribution in [0.5, 0.6) is 0 Å². The Morgan fingerprint density at radius 1 is 1.47 bits per heavy atom. The third-order valence-electron chi connectivity index (χ3n) is 2.69. The van der Waals surface area contributed by atoms with E-state index in [2.05, 4.69) is 16.6 Å². The predicted molar refractivity (Wildman–Crippen MR) is 57.0 cm³/mol. The van der Waals surface area contributed by atoms with Crippen molar-refractivity contribution < 1.29 is 14.6 Å². The number of aliphatic hydroxyl groups is 1. The lowest BCUT2D eigenvalue weighted by Gasteiger charge is -2.23. The van der Waals surface area contributed by atoms with Gasteiger partial charge in [0.05, 0.1) is 0 Å². The molecule has 1 N–H and O–H groups in total. The topological polar surface area (TPSA) is 46.5 Å². The van der Waals surface area contributed by atoms with Crippen LogP contribution in [0.4, 0.5) is 0 Å². The van der Waals surface area contributed by atoms with E-state index < -0.39 is 6.10 Å². The van der Waals surface area contributed by atoms with Gasteiger partial charge in [0.15, 0.2) is 6.61 Å². The monoisotopic (exact) mass is 210 g/mol. The molecule has 0 saturated heterocycles. The van der Waals surface area contributed by atoms with E-state index >= 15 is 0 Å². The molecule has 15 heavy (non-hydrogen) atoms. The molecule has 0 heterocycles. The standard InChI is InChI=1S/C12H18O3/c1-10(13)15-9-5-8-12(14)11-6-3-2-4-7-11/h11-12,14H,2-4,6-7,9H2,1H3/t12-/m1/s1. The summed E-state index contributed by atoms with van der Waals surface area (Å²) in [4.78, 5) is 10.4. The molecule has 0 radical (unpaired) electrons. The van der Waals surface area contributed by atoms with Gasteiger partial charge in [-0.15, -0.1) is 0 Å². The summed E-state index contributed by atoms with van der Waals surface area (Å²) in [7, 11) is 0. The van der Waals surface area contributed by atoms with Crippen molar-refractivity contribution in [3.63, 3.8) is 0 Å². The lowest BCUT2D eigenvalue weighted by Crippen LogP contribution is -2.21. The van der Waals surface area contributed by atoms with Crippen LogP contribution in [0.3, 0.4) is 0 Å². The second-order valence-corrected chi connectivity index (χ2v) is 3.94. The van der Waals surface area contributed by atoms with Crippen LogP contribution in [-0.2, 0) is 9.53 Å². The van der Waals surface area contributed by atoms with Crippen LogP contribution in [0.25, 0.3) is 0 Å². The first kappa shape index (κ1) is 12.1. The van der Waals surface area contributed by atoms with Gasteiger partial charge in [-0.1, -0.05) is 31.1 Å². The van der Waals surface area contributed by atoms with Crippen molar-refractivity contribution in [3.8, 4) is 11.8 Å². The molecule has 1 aliphatic carbocycles. The second-order valence-electron chi connectivity index (χ2n) is 3.94. The first-order valence-corrected chi connectivity index (χ1v) is 5.50. The van der Waals surface area contributed by atoms with Crippen molar-refractivity contribution in [1.29, 1.82) is 0 Å². The molecular weight excluding hydrogens is 192 g/mol. The van der Waals surface area contributed by atoms with Crippen molar-refractivity contribution in [2.45, 2.75) is 45.1 Å². The Morgan fingerprint density at radius 3 is 2.73 bits per heavy atom. The maximum atomic E-state index is 10.4. The number of rotatable bonds is 2. The average molecular weight is 210 g/mol. The van der Waals surface area contributed by atoms with Gasteiger partial charge in [-0.2, -0.15) is 0 Å². The van der Waals surface area contributed by atoms with Crippen LogP contribution in [-0.4, -0.2) is 23.8 Å². The Labute approximate surface area is 90.8 Å². The molecule has 0 aromatic heterocycles. The van der Waals surface area contributed by atoms with E-state index in [9.17, 15) is 9.90 Å². The van der Waals surface area contributed by atoms with Gasteiger partial charge in [0.1, 0.15) is 6.10 Å². The Hall–Kier alpha value is -1.01. The molecule has 0 amide bonds. The first-order chi connectivity index (χ1) is 7.20. The quantitative estimate of drug-likeness (QED) is 0.555. The zero-order valence-electron chi connectivity index (χ0n) is 9.16. The van der Waals surface area contributed by atoms with E-state index in [0.29, 0.717) is 5.92 Å². The fourth-order valence-electron chi connectivity index (χ4n) is 1.85. The summed E-state index contributed by atoms with van der Waals surface area (Å²) in [6.45, 7) is 1.43. The molecule has 1 atom stereocenters. The molecule has 0 spiro atoms. The lowest BCUT2D eigenvalue weighted by atomic mass is 9.85. The number of hydrogen-bond donors (Lipinski definition) is 1. The Morgan fingerprint density at radius 2 is 2.13 bits per heavy atom. The van der Waals surface area contributed by atoms with E-state index in [4.69, 9.17) is 0 Å². The highest BCUT2D eigenvalue weighted by Gasteiger charge is 2.19. The summed E-state index contributed by atoms with van der Waals surface area (Å²) < 4.78 is 4.66. The molecule has 1 rings (SSSR count). The van der Waals surface area contributed by atoms with E-state index in [0.717, 1.165) is 12.8 Å². The van der Waals surface area contributed by atoms with Gasteiger partial charge in [-0.3, -0.25) is 4.79 Å². The van der Waals surface area contributed by atoms with Crippen LogP contribution >= 0.6 is 0 Å². The number of carbonyl (C=O) groups is 1. The van der Waals surface area contributed by atoms with Crippen LogP contribution in [0.15, 0.2) is 0 Å². The molecule has 84 valence electrons. The molecule has 0 bridgehead atoms. The SMILES string of the molecule is CC(=O)OCC#C[C@@H](O)C1CCCCC1. The van der Waals surface area contributed by atoms with Crippen LogP contribution in [0, 0.1) is 17.8 Å². The fraction of sp³-hybridized carbons (Fsp3) is 0.750. The molecule has 1 fully saturated rings. The molecular formula is C12H18O3. The number of esters is 1. The maximum Gasteiger partial charge on any atom is 0.303 e. The molecule has 0 aromatic rings. The van der Waals surface area contributed by atoms with Gasteiger partial charge in [-0.05, 0) is 18.8 Å². The molecule has 1 saturated carbocycles. The Balaban J connectivity index is 2.26. The smallest absolute Gasteiger partial charge is 0.303 e. The van der Waals surface area contributed by atoms with Gasteiger partial charge in [0.25, 0.3) is 0 Å². The van der Waals surface area contributed by atoms with Gasteiger partial charge in [0, 0.05) is 6.92 Å². The van der Waals surface area contributed by atoms with E-state index in [1.165, 1.54) is 26.2 Å². The molecule has 0 aromatic carbocycles. The number of ether oxygens (including phenoxy) is 1. The van der Waals surface area contributed by atoms with Gasteiger partial charge in [0.2, 0.25) is 0 Å². The van der Waals surface area contributed by atoms with Crippen LogP contribution in [0.2, 0.25) is 0 Å². The molecule has 3 heteroatoms. The van der Waals surface area contributed by atoms with E-state index in [1.807, 2.05) is 0 Å². The first-order valence-electron chi connectivity index (χ1n) is 5.50. The average Bonchev–Trinajstić information content (AvgIpc) is 2.25. The minimum Gasteiger partial charge on any atom is -0.453 e. The van der Waals surface area contributed by atoms with Crippen molar-refractivity contribution in [1.82, 2.24) is 0 Å². The predicted octanol–water partition coefficient (Wildman–Crippen LogP) is 1.49. The minimum absolute atomic E-state index is 0.0825. The fourth-order valence-corrected chi connectivity index (χ4v) is 1.85. The lowest BCUT2D eigenvalue weighted by molar-refractivity contribution is -0.139. The summed E-state index contributed by atoms with van der Waals surface area (Å²) >= 11 is 0. The second kappa shape index (κ2) is 6.47. The summed E-state index contributed by atoms with van der Waals surface area (Å²) in [5.74, 6) is 5.38. The maximum absolute atomic E-state index is 10.4. The van der Waals surface area contributed by atoms with E-state index in [-0.39, 0.29) is 12.6 Å². The molecule has 1 aliphatic rings. The highest BCUT2D eigenvalue weighted by molar-refractivity contribution is 5.66. The molecule has 3 nitrogen and oxygen atoms in total. The molecule has 0 aliphatic heterocycles. The Bertz CT molecular complexity index is 256. The Kier molecular flexibility index (Phi) is 5.20. The normalized spacial score (nSPS) is 18.8. The summed E-state index contributed by atoms with van der Waals surface area (Å²) in [5.41, 5.74) is 0. The third kappa shape index (κ3) is 4.85. The summed E-state index contributed by atoms with van der Waals surface area (Å²) in [6, 6.07) is 0. The van der Waals surface area contributed by atoms with Crippen molar-refractivity contribution >= 4 is 5.97 Å². The largest absolute Gasteiger partial charge is 0.453 e.